The first kappa shape index (κ1) is 19.1. The summed E-state index contributed by atoms with van der Waals surface area (Å²) >= 11 is 0. The molecule has 1 saturated carbocycles. The van der Waals surface area contributed by atoms with E-state index < -0.39 is 0 Å². The molecule has 5 heteroatoms. The van der Waals surface area contributed by atoms with E-state index in [1.165, 1.54) is 31.2 Å². The van der Waals surface area contributed by atoms with Crippen molar-refractivity contribution in [3.8, 4) is 0 Å². The van der Waals surface area contributed by atoms with E-state index in [4.69, 9.17) is 0 Å². The normalized spacial score (nSPS) is 25.4. The molecule has 2 N–H and O–H groups in total. The lowest BCUT2D eigenvalue weighted by molar-refractivity contribution is -0.0506. The number of rotatable bonds is 7. The highest BCUT2D eigenvalue weighted by Crippen LogP contribution is 2.42. The summed E-state index contributed by atoms with van der Waals surface area (Å²) in [6.07, 6.45) is 8.46. The van der Waals surface area contributed by atoms with Crippen LogP contribution in [0.15, 0.2) is 54.9 Å². The Morgan fingerprint density at radius 3 is 2.46 bits per heavy atom. The van der Waals surface area contributed by atoms with E-state index in [9.17, 15) is 9.90 Å². The van der Waals surface area contributed by atoms with E-state index in [2.05, 4.69) is 39.5 Å². The van der Waals surface area contributed by atoms with Crippen LogP contribution >= 0.6 is 0 Å². The number of carbonyl (C=O) groups is 1. The zero-order valence-corrected chi connectivity index (χ0v) is 16.2. The van der Waals surface area contributed by atoms with E-state index >= 15 is 0 Å². The molecule has 2 aliphatic rings. The van der Waals surface area contributed by atoms with Crippen molar-refractivity contribution >= 4 is 5.91 Å². The third-order valence-corrected chi connectivity index (χ3v) is 6.41. The number of nitrogens with one attached hydrogen (secondary N) is 1. The highest BCUT2D eigenvalue weighted by Gasteiger charge is 2.49. The largest absolute Gasteiger partial charge is 0.395 e. The summed E-state index contributed by atoms with van der Waals surface area (Å²) in [5, 5.41) is 13.2. The molecule has 2 heterocycles. The minimum Gasteiger partial charge on any atom is -0.395 e. The van der Waals surface area contributed by atoms with Gasteiger partial charge >= 0.3 is 0 Å². The van der Waals surface area contributed by atoms with E-state index in [0.29, 0.717) is 18.0 Å². The maximum absolute atomic E-state index is 12.5. The maximum Gasteiger partial charge on any atom is 0.251 e. The molecule has 1 aromatic carbocycles. The molecule has 4 rings (SSSR count). The number of hydrogen-bond acceptors (Lipinski definition) is 4. The number of benzene rings is 1. The van der Waals surface area contributed by atoms with Gasteiger partial charge in [-0.25, -0.2) is 0 Å². The van der Waals surface area contributed by atoms with Crippen LogP contribution in [0.25, 0.3) is 0 Å². The average molecular weight is 380 g/mol. The first-order valence-corrected chi connectivity index (χ1v) is 10.4. The average Bonchev–Trinajstić information content (AvgIpc) is 3.25. The van der Waals surface area contributed by atoms with E-state index in [-0.39, 0.29) is 30.5 Å². The molecule has 148 valence electrons. The van der Waals surface area contributed by atoms with Crippen LogP contribution in [0.1, 0.15) is 47.5 Å². The molecule has 0 radical (unpaired) electrons. The number of amides is 1. The summed E-state index contributed by atoms with van der Waals surface area (Å²) in [6, 6.07) is 14.2. The standard InChI is InChI=1S/C23H29N3O2/c27-16-21-22(18-8-2-1-3-9-18)20(26(21)15-17-6-4-5-7-17)14-25-23(28)19-10-12-24-13-11-19/h1-3,8-13,17,20-22,27H,4-7,14-16H2,(H,25,28)/t20-,21+,22+/m1/s1. The van der Waals surface area contributed by atoms with Gasteiger partial charge in [0.15, 0.2) is 0 Å². The Labute approximate surface area is 166 Å². The summed E-state index contributed by atoms with van der Waals surface area (Å²) in [5.74, 6) is 0.886. The van der Waals surface area contributed by atoms with E-state index in [0.717, 1.165) is 6.54 Å². The molecule has 2 aromatic rings. The van der Waals surface area contributed by atoms with Crippen molar-refractivity contribution in [3.05, 3.63) is 66.0 Å². The fourth-order valence-corrected chi connectivity index (χ4v) is 4.96. The van der Waals surface area contributed by atoms with Gasteiger partial charge in [0.1, 0.15) is 0 Å². The van der Waals surface area contributed by atoms with Gasteiger partial charge in [-0.1, -0.05) is 43.2 Å². The number of aromatic nitrogens is 1. The molecule has 3 atom stereocenters. The zero-order valence-electron chi connectivity index (χ0n) is 16.2. The van der Waals surface area contributed by atoms with Gasteiger partial charge in [-0.05, 0) is 36.5 Å². The third-order valence-electron chi connectivity index (χ3n) is 6.41. The van der Waals surface area contributed by atoms with Crippen molar-refractivity contribution < 1.29 is 9.90 Å². The second kappa shape index (κ2) is 8.84. The van der Waals surface area contributed by atoms with Gasteiger partial charge in [0.05, 0.1) is 6.61 Å². The van der Waals surface area contributed by atoms with Crippen LogP contribution in [-0.2, 0) is 0 Å². The van der Waals surface area contributed by atoms with Gasteiger partial charge < -0.3 is 10.4 Å². The number of pyridine rings is 1. The minimum absolute atomic E-state index is 0.0672. The van der Waals surface area contributed by atoms with E-state index in [1.54, 1.807) is 24.5 Å². The summed E-state index contributed by atoms with van der Waals surface area (Å²) in [6.45, 7) is 1.76. The SMILES string of the molecule is O=C(NC[C@@H]1[C@H](c2ccccc2)[C@H](CO)N1CC1CCCC1)c1ccncc1. The van der Waals surface area contributed by atoms with Crippen molar-refractivity contribution in [2.45, 2.75) is 43.7 Å². The number of aliphatic hydroxyl groups is 1. The molecule has 1 aromatic heterocycles. The first-order chi connectivity index (χ1) is 13.8. The number of carbonyl (C=O) groups excluding carboxylic acids is 1. The van der Waals surface area contributed by atoms with Crippen LogP contribution in [0.2, 0.25) is 0 Å². The Bertz CT molecular complexity index is 762. The molecule has 1 aliphatic heterocycles. The molecule has 5 nitrogen and oxygen atoms in total. The number of likely N-dealkylation sites (tertiary alicyclic amines) is 1. The Morgan fingerprint density at radius 2 is 1.79 bits per heavy atom. The van der Waals surface area contributed by atoms with Crippen molar-refractivity contribution in [1.82, 2.24) is 15.2 Å². The summed E-state index contributed by atoms with van der Waals surface area (Å²) in [5.41, 5.74) is 1.87. The fourth-order valence-electron chi connectivity index (χ4n) is 4.96. The Hall–Kier alpha value is -2.24. The molecule has 2 fully saturated rings. The zero-order chi connectivity index (χ0) is 19.3. The number of hydrogen-bond donors (Lipinski definition) is 2. The molecule has 0 unspecified atom stereocenters. The predicted molar refractivity (Wildman–Crippen MR) is 109 cm³/mol. The van der Waals surface area contributed by atoms with Crippen molar-refractivity contribution in [3.63, 3.8) is 0 Å². The molecule has 1 aliphatic carbocycles. The highest BCUT2D eigenvalue weighted by molar-refractivity contribution is 5.94. The number of nitrogens with zero attached hydrogens (tertiary/aromatic N) is 2. The van der Waals surface area contributed by atoms with Gasteiger partial charge in [0, 0.05) is 49.0 Å². The molecular weight excluding hydrogens is 350 g/mol. The summed E-state index contributed by atoms with van der Waals surface area (Å²) in [7, 11) is 0. The van der Waals surface area contributed by atoms with Gasteiger partial charge in [-0.15, -0.1) is 0 Å². The Morgan fingerprint density at radius 1 is 1.07 bits per heavy atom. The van der Waals surface area contributed by atoms with Crippen molar-refractivity contribution in [2.24, 2.45) is 5.92 Å². The topological polar surface area (TPSA) is 65.5 Å². The Balaban J connectivity index is 1.49. The summed E-state index contributed by atoms with van der Waals surface area (Å²) < 4.78 is 0. The number of aliphatic hydroxyl groups excluding tert-OH is 1. The predicted octanol–water partition coefficient (Wildman–Crippen LogP) is 2.83. The molecule has 0 bridgehead atoms. The molecule has 1 saturated heterocycles. The second-order valence-corrected chi connectivity index (χ2v) is 8.05. The molecule has 0 spiro atoms. The molecule has 1 amide bonds. The first-order valence-electron chi connectivity index (χ1n) is 10.4. The van der Waals surface area contributed by atoms with Crippen molar-refractivity contribution in [1.29, 1.82) is 0 Å². The minimum atomic E-state index is -0.0672. The second-order valence-electron chi connectivity index (χ2n) is 8.05. The third kappa shape index (κ3) is 3.96. The van der Waals surface area contributed by atoms with Gasteiger partial charge in [0.25, 0.3) is 5.91 Å². The van der Waals surface area contributed by atoms with Crippen LogP contribution in [-0.4, -0.2) is 52.7 Å². The lowest BCUT2D eigenvalue weighted by Gasteiger charge is -2.56. The fraction of sp³-hybridized carbons (Fsp3) is 0.478. The van der Waals surface area contributed by atoms with Gasteiger partial charge in [-0.3, -0.25) is 14.7 Å². The smallest absolute Gasteiger partial charge is 0.251 e. The Kier molecular flexibility index (Phi) is 6.03. The van der Waals surface area contributed by atoms with Crippen LogP contribution in [0.3, 0.4) is 0 Å². The molecular formula is C23H29N3O2. The van der Waals surface area contributed by atoms with Crippen LogP contribution in [0.4, 0.5) is 0 Å². The van der Waals surface area contributed by atoms with Crippen LogP contribution in [0.5, 0.6) is 0 Å². The maximum atomic E-state index is 12.5. The monoisotopic (exact) mass is 379 g/mol. The van der Waals surface area contributed by atoms with Gasteiger partial charge in [-0.2, -0.15) is 0 Å². The van der Waals surface area contributed by atoms with Gasteiger partial charge in [0.2, 0.25) is 0 Å². The van der Waals surface area contributed by atoms with Crippen LogP contribution in [0, 0.1) is 5.92 Å². The van der Waals surface area contributed by atoms with E-state index in [1.807, 2.05) is 6.07 Å². The van der Waals surface area contributed by atoms with Crippen LogP contribution < -0.4 is 5.32 Å². The molecule has 28 heavy (non-hydrogen) atoms. The van der Waals surface area contributed by atoms with Crippen molar-refractivity contribution in [2.75, 3.05) is 19.7 Å². The lowest BCUT2D eigenvalue weighted by Crippen LogP contribution is -2.67. The summed E-state index contributed by atoms with van der Waals surface area (Å²) in [4.78, 5) is 18.9. The highest BCUT2D eigenvalue weighted by atomic mass is 16.3. The quantitative estimate of drug-likeness (QED) is 0.776. The lowest BCUT2D eigenvalue weighted by atomic mass is 9.74.